The molecular formula is C11H14N8O. The van der Waals surface area contributed by atoms with Crippen LogP contribution in [-0.4, -0.2) is 36.2 Å². The maximum atomic E-state index is 5.38. The van der Waals surface area contributed by atoms with E-state index in [1.165, 1.54) is 6.33 Å². The molecule has 0 amide bonds. The fraction of sp³-hybridized carbons (Fsp3) is 0.364. The number of imidazole rings is 1. The van der Waals surface area contributed by atoms with Crippen LogP contribution in [-0.2, 0) is 13.0 Å². The molecule has 0 aliphatic carbocycles. The lowest BCUT2D eigenvalue weighted by atomic mass is 10.4. The first-order valence-corrected chi connectivity index (χ1v) is 6.25. The second-order valence-corrected chi connectivity index (χ2v) is 4.15. The predicted octanol–water partition coefficient (Wildman–Crippen LogP) is 0.466. The van der Waals surface area contributed by atoms with Crippen molar-refractivity contribution in [3.63, 3.8) is 0 Å². The summed E-state index contributed by atoms with van der Waals surface area (Å²) in [6.45, 7) is 3.44. The number of aryl methyl sites for hydroxylation is 1. The summed E-state index contributed by atoms with van der Waals surface area (Å²) in [5.74, 6) is 1.32. The van der Waals surface area contributed by atoms with Crippen molar-refractivity contribution in [3.8, 4) is 0 Å². The monoisotopic (exact) mass is 274 g/mol. The lowest BCUT2D eigenvalue weighted by Gasteiger charge is -2.04. The van der Waals surface area contributed by atoms with Crippen molar-refractivity contribution in [2.75, 3.05) is 17.6 Å². The first-order chi connectivity index (χ1) is 9.78. The second-order valence-electron chi connectivity index (χ2n) is 4.15. The lowest BCUT2D eigenvalue weighted by molar-refractivity contribution is 0.381. The van der Waals surface area contributed by atoms with Gasteiger partial charge >= 0.3 is 0 Å². The van der Waals surface area contributed by atoms with Gasteiger partial charge in [0.05, 0.1) is 6.33 Å². The first kappa shape index (κ1) is 12.3. The highest BCUT2D eigenvalue weighted by atomic mass is 16.5. The molecule has 0 bridgehead atoms. The van der Waals surface area contributed by atoms with Crippen LogP contribution >= 0.6 is 0 Å². The van der Waals surface area contributed by atoms with Gasteiger partial charge in [-0.3, -0.25) is 0 Å². The van der Waals surface area contributed by atoms with Crippen LogP contribution in [0.25, 0.3) is 11.2 Å². The van der Waals surface area contributed by atoms with Gasteiger partial charge in [0.15, 0.2) is 11.5 Å². The van der Waals surface area contributed by atoms with Crippen LogP contribution in [0, 0.1) is 0 Å². The van der Waals surface area contributed by atoms with E-state index in [1.54, 1.807) is 6.33 Å². The lowest BCUT2D eigenvalue weighted by Crippen LogP contribution is -2.07. The minimum atomic E-state index is 0.145. The third kappa shape index (κ3) is 2.25. The zero-order valence-corrected chi connectivity index (χ0v) is 10.9. The van der Waals surface area contributed by atoms with Crippen molar-refractivity contribution >= 4 is 22.9 Å². The Bertz CT molecular complexity index is 718. The molecule has 20 heavy (non-hydrogen) atoms. The standard InChI is InChI=1S/C11H14N8O/c1-2-19-6-16-8-9(14-5-15-10(8)19)13-4-3-7-17-11(12)18-20-7/h5-6H,2-4H2,1H3,(H2,12,18)(H,13,14,15). The Kier molecular flexibility index (Phi) is 3.15. The Morgan fingerprint density at radius 1 is 1.35 bits per heavy atom. The van der Waals surface area contributed by atoms with Crippen LogP contribution in [0.1, 0.15) is 12.8 Å². The van der Waals surface area contributed by atoms with E-state index in [1.807, 2.05) is 11.5 Å². The summed E-state index contributed by atoms with van der Waals surface area (Å²) >= 11 is 0. The van der Waals surface area contributed by atoms with Crippen LogP contribution in [0.15, 0.2) is 17.2 Å². The fourth-order valence-corrected chi connectivity index (χ4v) is 1.90. The summed E-state index contributed by atoms with van der Waals surface area (Å²) in [6, 6.07) is 0. The van der Waals surface area contributed by atoms with Gasteiger partial charge in [0.1, 0.15) is 11.8 Å². The highest BCUT2D eigenvalue weighted by Gasteiger charge is 2.09. The topological polar surface area (TPSA) is 121 Å². The fourth-order valence-electron chi connectivity index (χ4n) is 1.90. The number of nitrogens with two attached hydrogens (primary N) is 1. The molecule has 0 aliphatic rings. The van der Waals surface area contributed by atoms with E-state index in [0.717, 1.165) is 17.7 Å². The number of hydrogen-bond donors (Lipinski definition) is 2. The summed E-state index contributed by atoms with van der Waals surface area (Å²) in [5, 5.41) is 6.72. The second kappa shape index (κ2) is 5.11. The molecule has 0 saturated heterocycles. The van der Waals surface area contributed by atoms with Crippen molar-refractivity contribution in [1.82, 2.24) is 29.7 Å². The molecule has 0 fully saturated rings. The zero-order valence-electron chi connectivity index (χ0n) is 10.9. The van der Waals surface area contributed by atoms with Crippen LogP contribution in [0.3, 0.4) is 0 Å². The van der Waals surface area contributed by atoms with Crippen LogP contribution in [0.5, 0.6) is 0 Å². The highest BCUT2D eigenvalue weighted by Crippen LogP contribution is 2.17. The van der Waals surface area contributed by atoms with Gasteiger partial charge in [0.25, 0.3) is 5.95 Å². The van der Waals surface area contributed by atoms with E-state index in [2.05, 4.69) is 30.4 Å². The van der Waals surface area contributed by atoms with Gasteiger partial charge in [-0.2, -0.15) is 4.98 Å². The predicted molar refractivity (Wildman–Crippen MR) is 71.9 cm³/mol. The Morgan fingerprint density at radius 2 is 2.25 bits per heavy atom. The molecule has 9 nitrogen and oxygen atoms in total. The summed E-state index contributed by atoms with van der Waals surface area (Å²) in [5.41, 5.74) is 6.95. The van der Waals surface area contributed by atoms with E-state index in [4.69, 9.17) is 10.3 Å². The van der Waals surface area contributed by atoms with Crippen molar-refractivity contribution in [1.29, 1.82) is 0 Å². The number of rotatable bonds is 5. The third-order valence-corrected chi connectivity index (χ3v) is 2.86. The van der Waals surface area contributed by atoms with E-state index >= 15 is 0 Å². The van der Waals surface area contributed by atoms with E-state index in [0.29, 0.717) is 24.7 Å². The van der Waals surface area contributed by atoms with Crippen LogP contribution in [0.2, 0.25) is 0 Å². The Labute approximate surface area is 114 Å². The number of nitrogen functional groups attached to an aromatic ring is 1. The molecule has 0 unspecified atom stereocenters. The quantitative estimate of drug-likeness (QED) is 0.688. The largest absolute Gasteiger partial charge is 0.368 e. The van der Waals surface area contributed by atoms with Gasteiger partial charge in [0.2, 0.25) is 5.89 Å². The molecule has 0 saturated carbocycles. The number of aromatic nitrogens is 6. The molecule has 3 aromatic rings. The Balaban J connectivity index is 1.72. The van der Waals surface area contributed by atoms with E-state index in [9.17, 15) is 0 Å². The molecule has 3 N–H and O–H groups in total. The molecule has 0 aliphatic heterocycles. The maximum Gasteiger partial charge on any atom is 0.260 e. The molecule has 3 aromatic heterocycles. The number of anilines is 2. The maximum absolute atomic E-state index is 5.38. The summed E-state index contributed by atoms with van der Waals surface area (Å²) in [6.07, 6.45) is 3.83. The molecule has 0 aromatic carbocycles. The van der Waals surface area contributed by atoms with E-state index < -0.39 is 0 Å². The van der Waals surface area contributed by atoms with Crippen LogP contribution in [0.4, 0.5) is 11.8 Å². The average molecular weight is 274 g/mol. The van der Waals surface area contributed by atoms with Crippen molar-refractivity contribution < 1.29 is 4.52 Å². The molecule has 9 heteroatoms. The number of fused-ring (bicyclic) bond motifs is 1. The zero-order chi connectivity index (χ0) is 13.9. The summed E-state index contributed by atoms with van der Waals surface area (Å²) in [4.78, 5) is 16.7. The Morgan fingerprint density at radius 3 is 3.00 bits per heavy atom. The molecule has 3 rings (SSSR count). The van der Waals surface area contributed by atoms with Crippen LogP contribution < -0.4 is 11.1 Å². The Hall–Kier alpha value is -2.71. The smallest absolute Gasteiger partial charge is 0.260 e. The molecule has 0 radical (unpaired) electrons. The summed E-state index contributed by atoms with van der Waals surface area (Å²) < 4.78 is 6.89. The van der Waals surface area contributed by atoms with Gasteiger partial charge in [-0.05, 0) is 12.1 Å². The van der Waals surface area contributed by atoms with E-state index in [-0.39, 0.29) is 5.95 Å². The molecule has 3 heterocycles. The molecule has 0 atom stereocenters. The van der Waals surface area contributed by atoms with Gasteiger partial charge in [0, 0.05) is 19.5 Å². The highest BCUT2D eigenvalue weighted by molar-refractivity contribution is 5.82. The summed E-state index contributed by atoms with van der Waals surface area (Å²) in [7, 11) is 0. The van der Waals surface area contributed by atoms with Crippen molar-refractivity contribution in [3.05, 3.63) is 18.5 Å². The van der Waals surface area contributed by atoms with Gasteiger partial charge in [-0.15, -0.1) is 0 Å². The number of nitrogens with zero attached hydrogens (tertiary/aromatic N) is 6. The van der Waals surface area contributed by atoms with Gasteiger partial charge in [-0.25, -0.2) is 15.0 Å². The van der Waals surface area contributed by atoms with Crippen molar-refractivity contribution in [2.45, 2.75) is 19.9 Å². The minimum Gasteiger partial charge on any atom is -0.368 e. The average Bonchev–Trinajstić information content (AvgIpc) is 3.05. The van der Waals surface area contributed by atoms with Gasteiger partial charge in [-0.1, -0.05) is 0 Å². The normalized spacial score (nSPS) is 11.1. The molecule has 0 spiro atoms. The number of hydrogen-bond acceptors (Lipinski definition) is 8. The molecular weight excluding hydrogens is 260 g/mol. The van der Waals surface area contributed by atoms with Gasteiger partial charge < -0.3 is 20.1 Å². The molecule has 104 valence electrons. The van der Waals surface area contributed by atoms with Crippen molar-refractivity contribution in [2.24, 2.45) is 0 Å². The SMILES string of the molecule is CCn1cnc2c(NCCc3nc(N)no3)ncnc21. The first-order valence-electron chi connectivity index (χ1n) is 6.25. The third-order valence-electron chi connectivity index (χ3n) is 2.86. The number of nitrogens with one attached hydrogen (secondary N) is 1. The minimum absolute atomic E-state index is 0.145.